The number of carbonyl (C=O) groups excluding carboxylic acids is 6. The van der Waals surface area contributed by atoms with Crippen LogP contribution in [0.2, 0.25) is 0 Å². The summed E-state index contributed by atoms with van der Waals surface area (Å²) in [6.45, 7) is 47.6. The van der Waals surface area contributed by atoms with E-state index in [9.17, 15) is 28.8 Å². The maximum Gasteiger partial charge on any atom is 0.222 e. The number of hydrogen-bond acceptors (Lipinski definition) is 15. The number of ketones is 2. The van der Waals surface area contributed by atoms with Crippen LogP contribution < -0.4 is 26.6 Å². The Morgan fingerprint density at radius 3 is 0.989 bits per heavy atom. The first-order chi connectivity index (χ1) is 43.3. The van der Waals surface area contributed by atoms with Gasteiger partial charge in [0.05, 0.1) is 92.6 Å². The summed E-state index contributed by atoms with van der Waals surface area (Å²) >= 11 is 0. The number of carbonyl (C=O) groups is 6. The summed E-state index contributed by atoms with van der Waals surface area (Å²) in [6.07, 6.45) is 20.7. The van der Waals surface area contributed by atoms with Crippen LogP contribution in [-0.4, -0.2) is 171 Å². The van der Waals surface area contributed by atoms with Crippen molar-refractivity contribution in [2.45, 2.75) is 299 Å². The van der Waals surface area contributed by atoms with Gasteiger partial charge >= 0.3 is 0 Å². The molecule has 0 aromatic heterocycles. The van der Waals surface area contributed by atoms with Crippen molar-refractivity contribution in [2.24, 2.45) is 0 Å². The fourth-order valence-electron chi connectivity index (χ4n) is 6.43. The number of rotatable bonds is 53. The van der Waals surface area contributed by atoms with Gasteiger partial charge in [0.1, 0.15) is 17.1 Å². The standard InChI is InChI=1S/C39H75N5O13.C7H14O.2C6H14.6C2H6/c1-4-6-7-10-35(47)41-17-9-18-43-37(49)13-23-57-32-39(30-55-20-11-34(3)46,31-56-22-12-36(48)42-16-8-15-40-33-45)44-38(50)14-21-52-25-27-54-29-28-53-26-24-51-19-5-2;1-3-5-6-7(8)4-2;2*1-3-5-6-4-2;6*1-2/h40,45H,4-33H2,1-3H3,(H,41,47)(H,42,48)(H,43,49)(H,44,50);3-6H2,1-2H3;2*3-6H2,1-2H3;6*1-2H3. The van der Waals surface area contributed by atoms with Gasteiger partial charge in [0.15, 0.2) is 0 Å². The maximum atomic E-state index is 13.2. The molecule has 0 saturated carbocycles. The van der Waals surface area contributed by atoms with E-state index in [1.165, 1.54) is 58.3 Å². The monoisotopic (exact) mass is 1290 g/mol. The van der Waals surface area contributed by atoms with Gasteiger partial charge in [-0.15, -0.1) is 0 Å². The summed E-state index contributed by atoms with van der Waals surface area (Å²) in [6, 6.07) is 0. The third kappa shape index (κ3) is 110. The SMILES string of the molecule is CC.CC.CC.CC.CC.CC.CCCCC(=O)CC.CCCCCC.CCCCCC.CCCCCC(=O)NCCCNC(=O)CCOCC(COCCC(C)=O)(COCCC(=O)NCCCNCO)NC(=O)CCOCCOCCOCCOCCC. The minimum absolute atomic E-state index is 0.0125. The smallest absolute Gasteiger partial charge is 0.222 e. The third-order valence-corrected chi connectivity index (χ3v) is 11.1. The Hall–Kier alpha value is -3.14. The van der Waals surface area contributed by atoms with E-state index in [4.69, 9.17) is 38.3 Å². The fraction of sp³-hybridized carbons (Fsp3) is 0.914. The molecule has 4 amide bonds. The first kappa shape index (κ1) is 107. The van der Waals surface area contributed by atoms with Crippen LogP contribution >= 0.6 is 0 Å². The highest BCUT2D eigenvalue weighted by atomic mass is 16.6. The van der Waals surface area contributed by atoms with Crippen molar-refractivity contribution in [3.05, 3.63) is 0 Å². The number of ether oxygens (including phenoxy) is 7. The Labute approximate surface area is 550 Å². The summed E-state index contributed by atoms with van der Waals surface area (Å²) in [4.78, 5) is 72.0. The topological polar surface area (TPSA) is 247 Å². The van der Waals surface area contributed by atoms with E-state index in [1.54, 1.807) is 0 Å². The number of aliphatic hydroxyl groups excluding tert-OH is 1. The zero-order valence-corrected chi connectivity index (χ0v) is 62.5. The lowest BCUT2D eigenvalue weighted by molar-refractivity contribution is -0.131. The number of Topliss-reactive ketones (excluding diaryl/α,β-unsaturated/α-hetero) is 2. The summed E-state index contributed by atoms with van der Waals surface area (Å²) < 4.78 is 39.5. The molecule has 19 nitrogen and oxygen atoms in total. The van der Waals surface area contributed by atoms with Gasteiger partial charge in [-0.3, -0.25) is 34.1 Å². The molecular formula is C70H153N5O14. The predicted molar refractivity (Wildman–Crippen MR) is 376 cm³/mol. The lowest BCUT2D eigenvalue weighted by Crippen LogP contribution is -2.59. The van der Waals surface area contributed by atoms with Gasteiger partial charge in [0, 0.05) is 71.2 Å². The Kier molecular flexibility index (Phi) is 129. The molecule has 0 radical (unpaired) electrons. The molecule has 0 bridgehead atoms. The van der Waals surface area contributed by atoms with E-state index in [0.29, 0.717) is 97.3 Å². The Bertz CT molecular complexity index is 1310. The van der Waals surface area contributed by atoms with Gasteiger partial charge in [0.25, 0.3) is 0 Å². The van der Waals surface area contributed by atoms with Crippen LogP contribution in [0.5, 0.6) is 0 Å². The zero-order chi connectivity index (χ0) is 70.1. The van der Waals surface area contributed by atoms with Crippen molar-refractivity contribution in [2.75, 3.05) is 125 Å². The van der Waals surface area contributed by atoms with Gasteiger partial charge in [-0.25, -0.2) is 0 Å². The molecular weight excluding hydrogens is 1130 g/mol. The Morgan fingerprint density at radius 2 is 0.640 bits per heavy atom. The highest BCUT2D eigenvalue weighted by molar-refractivity contribution is 5.78. The summed E-state index contributed by atoms with van der Waals surface area (Å²) in [5, 5.41) is 23.0. The van der Waals surface area contributed by atoms with E-state index in [1.807, 2.05) is 96.9 Å². The molecule has 0 fully saturated rings. The number of aliphatic hydroxyl groups is 1. The van der Waals surface area contributed by atoms with Gasteiger partial charge < -0.3 is 59.5 Å². The molecule has 0 heterocycles. The zero-order valence-electron chi connectivity index (χ0n) is 62.5. The summed E-state index contributed by atoms with van der Waals surface area (Å²) in [5.41, 5.74) is -1.21. The second kappa shape index (κ2) is 106. The van der Waals surface area contributed by atoms with Gasteiger partial charge in [-0.1, -0.05) is 209 Å². The van der Waals surface area contributed by atoms with Gasteiger partial charge in [-0.05, 0) is 45.6 Å². The van der Waals surface area contributed by atoms with Crippen molar-refractivity contribution in [1.29, 1.82) is 0 Å². The largest absolute Gasteiger partial charge is 0.381 e. The van der Waals surface area contributed by atoms with Crippen LogP contribution in [0.1, 0.15) is 293 Å². The van der Waals surface area contributed by atoms with Crippen LogP contribution in [-0.2, 0) is 61.9 Å². The summed E-state index contributed by atoms with van der Waals surface area (Å²) in [5.74, 6) is -0.446. The van der Waals surface area contributed by atoms with Crippen LogP contribution in [0.15, 0.2) is 0 Å². The number of nitrogens with one attached hydrogen (secondary N) is 5. The number of unbranched alkanes of at least 4 members (excludes halogenated alkanes) is 9. The molecule has 0 aliphatic rings. The van der Waals surface area contributed by atoms with Crippen LogP contribution in [0.4, 0.5) is 0 Å². The molecule has 0 aliphatic heterocycles. The second-order valence-corrected chi connectivity index (χ2v) is 18.9. The lowest BCUT2D eigenvalue weighted by atomic mass is 10.0. The first-order valence-electron chi connectivity index (χ1n) is 35.8. The van der Waals surface area contributed by atoms with Crippen molar-refractivity contribution < 1.29 is 67.0 Å². The molecule has 6 N–H and O–H groups in total. The van der Waals surface area contributed by atoms with Crippen LogP contribution in [0, 0.1) is 0 Å². The summed E-state index contributed by atoms with van der Waals surface area (Å²) in [7, 11) is 0. The van der Waals surface area contributed by atoms with Crippen LogP contribution in [0.3, 0.4) is 0 Å². The molecule has 1 unspecified atom stereocenters. The second-order valence-electron chi connectivity index (χ2n) is 18.9. The molecule has 0 aromatic carbocycles. The number of hydrogen-bond donors (Lipinski definition) is 6. The van der Waals surface area contributed by atoms with Crippen molar-refractivity contribution in [3.8, 4) is 0 Å². The van der Waals surface area contributed by atoms with Crippen molar-refractivity contribution in [1.82, 2.24) is 26.6 Å². The van der Waals surface area contributed by atoms with Crippen molar-refractivity contribution >= 4 is 35.2 Å². The molecule has 542 valence electrons. The lowest BCUT2D eigenvalue weighted by Gasteiger charge is -2.34. The Morgan fingerprint density at radius 1 is 0.326 bits per heavy atom. The molecule has 89 heavy (non-hydrogen) atoms. The maximum absolute atomic E-state index is 13.2. The van der Waals surface area contributed by atoms with Crippen molar-refractivity contribution in [3.63, 3.8) is 0 Å². The molecule has 0 aromatic rings. The fourth-order valence-corrected chi connectivity index (χ4v) is 6.43. The number of amides is 4. The van der Waals surface area contributed by atoms with E-state index >= 15 is 0 Å². The van der Waals surface area contributed by atoms with E-state index in [-0.39, 0.29) is 115 Å². The minimum Gasteiger partial charge on any atom is -0.381 e. The quantitative estimate of drug-likeness (QED) is 0.0245. The Balaban J connectivity index is -0.000000200. The molecule has 0 rings (SSSR count). The van der Waals surface area contributed by atoms with E-state index in [0.717, 1.165) is 44.9 Å². The molecule has 0 aliphatic carbocycles. The van der Waals surface area contributed by atoms with Crippen LogP contribution in [0.25, 0.3) is 0 Å². The predicted octanol–water partition coefficient (Wildman–Crippen LogP) is 14.3. The molecule has 1 atom stereocenters. The van der Waals surface area contributed by atoms with Gasteiger partial charge in [0.2, 0.25) is 23.6 Å². The molecule has 19 heteroatoms. The van der Waals surface area contributed by atoms with E-state index in [2.05, 4.69) is 68.1 Å². The average Bonchev–Trinajstić information content (AvgIpc) is 3.50. The highest BCUT2D eigenvalue weighted by Gasteiger charge is 2.34. The normalized spacial score (nSPS) is 10.3. The molecule has 0 saturated heterocycles. The average molecular weight is 1290 g/mol. The highest BCUT2D eigenvalue weighted by Crippen LogP contribution is 2.12. The minimum atomic E-state index is -1.21. The third-order valence-electron chi connectivity index (χ3n) is 11.1. The first-order valence-corrected chi connectivity index (χ1v) is 35.8. The van der Waals surface area contributed by atoms with E-state index < -0.39 is 5.54 Å². The molecule has 0 spiro atoms. The van der Waals surface area contributed by atoms with Gasteiger partial charge in [-0.2, -0.15) is 0 Å².